The lowest BCUT2D eigenvalue weighted by molar-refractivity contribution is 0.0166. The normalized spacial score (nSPS) is 17.8. The number of fused-ring (bicyclic) bond motifs is 6. The molecule has 0 fully saturated rings. The van der Waals surface area contributed by atoms with Gasteiger partial charge in [0.2, 0.25) is 10.9 Å². The predicted molar refractivity (Wildman–Crippen MR) is 236 cm³/mol. The van der Waals surface area contributed by atoms with E-state index in [1.54, 1.807) is 6.08 Å². The lowest BCUT2D eigenvalue weighted by atomic mass is 9.59. The number of hydrogen-bond donors (Lipinski definition) is 7. The van der Waals surface area contributed by atoms with Gasteiger partial charge in [-0.15, -0.1) is 0 Å². The Hall–Kier alpha value is -7.08. The minimum absolute atomic E-state index is 0.0175. The van der Waals surface area contributed by atoms with Crippen LogP contribution in [-0.4, -0.2) is 35.7 Å². The van der Waals surface area contributed by atoms with Crippen molar-refractivity contribution < 1.29 is 49.3 Å². The van der Waals surface area contributed by atoms with Crippen molar-refractivity contribution in [1.82, 2.24) is 0 Å². The smallest absolute Gasteiger partial charge is 0.200 e. The van der Waals surface area contributed by atoms with E-state index in [-0.39, 0.29) is 103 Å². The minimum Gasteiger partial charge on any atom is -0.508 e. The highest BCUT2D eigenvalue weighted by atomic mass is 16.5. The first-order valence-corrected chi connectivity index (χ1v) is 20.3. The summed E-state index contributed by atoms with van der Waals surface area (Å²) in [5, 5.41) is 77.2. The number of phenolic OH excluding ortho intramolecular Hbond substituents is 7. The summed E-state index contributed by atoms with van der Waals surface area (Å²) < 4.78 is 20.2. The van der Waals surface area contributed by atoms with Crippen LogP contribution in [-0.2, 0) is 12.8 Å². The maximum atomic E-state index is 14.6. The summed E-state index contributed by atoms with van der Waals surface area (Å²) >= 11 is 0. The molecule has 0 radical (unpaired) electrons. The Kier molecular flexibility index (Phi) is 10.2. The van der Waals surface area contributed by atoms with Crippen LogP contribution in [0.1, 0.15) is 89.2 Å². The highest BCUT2D eigenvalue weighted by molar-refractivity contribution is 5.93. The molecular weight excluding hydrogens is 793 g/mol. The van der Waals surface area contributed by atoms with Crippen molar-refractivity contribution in [1.29, 1.82) is 0 Å². The summed E-state index contributed by atoms with van der Waals surface area (Å²) in [4.78, 5) is 29.3. The first kappa shape index (κ1) is 41.6. The predicted octanol–water partition coefficient (Wildman–Crippen LogP) is 10.4. The molecule has 4 aromatic carbocycles. The Labute approximate surface area is 356 Å². The van der Waals surface area contributed by atoms with Crippen LogP contribution in [0.3, 0.4) is 0 Å². The van der Waals surface area contributed by atoms with Crippen LogP contribution < -0.4 is 15.6 Å². The van der Waals surface area contributed by atoms with Gasteiger partial charge in [0.25, 0.3) is 0 Å². The molecule has 0 bridgehead atoms. The SMILES string of the molecule is CC(C)=CCc1c(-c2ccc(O)cc2O)oc2c3c(cc(O)c2c1=O)O[C@H](c1c(O)cc(O)c2c(=O)c(CC=C(C)C)c(-c4ccc(O)cc4O)oc12)[C@@H]1C3C=C(C)CC1(C)C. The highest BCUT2D eigenvalue weighted by Gasteiger charge is 2.52. The van der Waals surface area contributed by atoms with Crippen LogP contribution in [0.2, 0.25) is 0 Å². The van der Waals surface area contributed by atoms with Gasteiger partial charge in [0.15, 0.2) is 5.58 Å². The van der Waals surface area contributed by atoms with Gasteiger partial charge in [-0.25, -0.2) is 0 Å². The third kappa shape index (κ3) is 6.89. The molecule has 3 heterocycles. The molecule has 1 aliphatic heterocycles. The summed E-state index contributed by atoms with van der Waals surface area (Å²) in [6, 6.07) is 10.2. The second-order valence-corrected chi connectivity index (χ2v) is 17.7. The molecule has 0 saturated heterocycles. The fourth-order valence-corrected chi connectivity index (χ4v) is 9.40. The van der Waals surface area contributed by atoms with Crippen molar-refractivity contribution in [2.75, 3.05) is 0 Å². The van der Waals surface area contributed by atoms with Crippen molar-refractivity contribution in [3.8, 4) is 68.6 Å². The lowest BCUT2D eigenvalue weighted by Crippen LogP contribution is -2.42. The van der Waals surface area contributed by atoms with Crippen molar-refractivity contribution in [2.24, 2.45) is 11.3 Å². The van der Waals surface area contributed by atoms with Gasteiger partial charge in [0, 0.05) is 52.8 Å². The first-order valence-electron chi connectivity index (χ1n) is 20.3. The molecule has 6 aromatic rings. The molecule has 0 saturated carbocycles. The summed E-state index contributed by atoms with van der Waals surface area (Å²) in [7, 11) is 0. The molecule has 3 atom stereocenters. The van der Waals surface area contributed by atoms with Gasteiger partial charge < -0.3 is 49.3 Å². The molecule has 1 unspecified atom stereocenters. The number of phenols is 7. The molecule has 62 heavy (non-hydrogen) atoms. The Balaban J connectivity index is 1.45. The van der Waals surface area contributed by atoms with Crippen molar-refractivity contribution in [2.45, 2.75) is 79.8 Å². The summed E-state index contributed by atoms with van der Waals surface area (Å²) in [5.74, 6) is -3.66. The summed E-state index contributed by atoms with van der Waals surface area (Å²) in [6.07, 6.45) is 5.30. The molecule has 0 spiro atoms. The average Bonchev–Trinajstić information content (AvgIpc) is 3.15. The second kappa shape index (κ2) is 15.1. The van der Waals surface area contributed by atoms with Gasteiger partial charge in [-0.2, -0.15) is 0 Å². The van der Waals surface area contributed by atoms with Crippen LogP contribution in [0.4, 0.5) is 0 Å². The molecular formula is C50H48O12. The zero-order valence-electron chi connectivity index (χ0n) is 35.4. The van der Waals surface area contributed by atoms with E-state index in [1.165, 1.54) is 30.3 Å². The minimum atomic E-state index is -1.12. The molecule has 2 aromatic heterocycles. The van der Waals surface area contributed by atoms with Crippen molar-refractivity contribution in [3.63, 3.8) is 0 Å². The number of benzene rings is 4. The van der Waals surface area contributed by atoms with Gasteiger partial charge in [-0.1, -0.05) is 48.8 Å². The zero-order valence-corrected chi connectivity index (χ0v) is 35.4. The van der Waals surface area contributed by atoms with Gasteiger partial charge >= 0.3 is 0 Å². The van der Waals surface area contributed by atoms with Crippen molar-refractivity contribution in [3.05, 3.63) is 126 Å². The van der Waals surface area contributed by atoms with E-state index in [0.29, 0.717) is 12.0 Å². The van der Waals surface area contributed by atoms with E-state index in [2.05, 4.69) is 0 Å². The van der Waals surface area contributed by atoms with Crippen LogP contribution in [0.25, 0.3) is 44.6 Å². The van der Waals surface area contributed by atoms with E-state index in [4.69, 9.17) is 13.6 Å². The fraction of sp³-hybridized carbons (Fsp3) is 0.280. The van der Waals surface area contributed by atoms with Crippen molar-refractivity contribution >= 4 is 21.9 Å². The van der Waals surface area contributed by atoms with E-state index in [9.17, 15) is 45.3 Å². The second-order valence-electron chi connectivity index (χ2n) is 17.7. The topological polar surface area (TPSA) is 211 Å². The monoisotopic (exact) mass is 840 g/mol. The number of rotatable bonds is 7. The van der Waals surface area contributed by atoms with E-state index in [1.807, 2.05) is 60.6 Å². The maximum Gasteiger partial charge on any atom is 0.200 e. The van der Waals surface area contributed by atoms with Gasteiger partial charge in [-0.05, 0) is 83.6 Å². The fourth-order valence-electron chi connectivity index (χ4n) is 9.40. The average molecular weight is 841 g/mol. The molecule has 2 aliphatic rings. The van der Waals surface area contributed by atoms with Crippen LogP contribution in [0, 0.1) is 11.3 Å². The van der Waals surface area contributed by atoms with Gasteiger partial charge in [-0.3, -0.25) is 9.59 Å². The molecule has 12 nitrogen and oxygen atoms in total. The molecule has 0 amide bonds. The third-order valence-electron chi connectivity index (χ3n) is 12.1. The molecule has 12 heteroatoms. The van der Waals surface area contributed by atoms with E-state index in [0.717, 1.165) is 34.9 Å². The summed E-state index contributed by atoms with van der Waals surface area (Å²) in [5.41, 5.74) is 1.84. The number of ether oxygens (including phenoxy) is 1. The Morgan fingerprint density at radius 3 is 1.63 bits per heavy atom. The van der Waals surface area contributed by atoms with E-state index >= 15 is 0 Å². The van der Waals surface area contributed by atoms with E-state index < -0.39 is 51.5 Å². The molecule has 8 rings (SSSR count). The first-order chi connectivity index (χ1) is 29.3. The van der Waals surface area contributed by atoms with Gasteiger partial charge in [0.05, 0.1) is 16.7 Å². The Bertz CT molecular complexity index is 3080. The van der Waals surface area contributed by atoms with Crippen LogP contribution in [0.5, 0.6) is 46.0 Å². The quantitative estimate of drug-likeness (QED) is 0.0749. The van der Waals surface area contributed by atoms with Crippen LogP contribution >= 0.6 is 0 Å². The Morgan fingerprint density at radius 1 is 0.661 bits per heavy atom. The third-order valence-corrected chi connectivity index (χ3v) is 12.1. The highest BCUT2D eigenvalue weighted by Crippen LogP contribution is 2.62. The Morgan fingerprint density at radius 2 is 1.15 bits per heavy atom. The maximum absolute atomic E-state index is 14.6. The van der Waals surface area contributed by atoms with Crippen LogP contribution in [0.15, 0.2) is 102 Å². The molecule has 320 valence electrons. The zero-order chi connectivity index (χ0) is 44.7. The van der Waals surface area contributed by atoms with Gasteiger partial charge in [0.1, 0.15) is 80.0 Å². The number of aromatic hydroxyl groups is 7. The summed E-state index contributed by atoms with van der Waals surface area (Å²) in [6.45, 7) is 13.5. The lowest BCUT2D eigenvalue weighted by Gasteiger charge is -2.49. The largest absolute Gasteiger partial charge is 0.508 e. The number of allylic oxidation sites excluding steroid dienone is 6. The molecule has 7 N–H and O–H groups in total. The standard InChI is InChI=1S/C50H48O12/c1-22(2)8-12-29-43(58)39-34(55)19-35(56)41(48(39)62-46(29)28-15-11-26(52)18-33(28)54)49-42-31(16-24(5)21-50(42,6)7)38-37(60-49)20-36(57)40-44(59)30(13-9-23(3)4)45(61-47(38)40)27-14-10-25(51)17-32(27)53/h8-11,14-20,31,42,49,51-57H,12-13,21H2,1-7H3/t31?,42-,49+/m0/s1. The molecule has 1 aliphatic carbocycles. The number of hydrogen-bond acceptors (Lipinski definition) is 12.